The molecule has 0 radical (unpaired) electrons. The number of fused-ring (bicyclic) bond motifs is 1. The van der Waals surface area contributed by atoms with Gasteiger partial charge in [-0.2, -0.15) is 0 Å². The fourth-order valence-corrected chi connectivity index (χ4v) is 3.61. The van der Waals surface area contributed by atoms with E-state index in [9.17, 15) is 9.59 Å². The third kappa shape index (κ3) is 3.53. The van der Waals surface area contributed by atoms with Crippen LogP contribution in [0.2, 0.25) is 0 Å². The molecule has 140 valence electrons. The molecular formula is C21H22N2O4. The predicted molar refractivity (Wildman–Crippen MR) is 102 cm³/mol. The zero-order chi connectivity index (χ0) is 18.8. The number of amides is 1. The van der Waals surface area contributed by atoms with E-state index in [-0.39, 0.29) is 18.3 Å². The van der Waals surface area contributed by atoms with Gasteiger partial charge >= 0.3 is 0 Å². The standard InChI is InChI=1S/C21H22N2O4/c24-13-19(25)16-5-8-20-18(11-16)23(21(26)14-27-20)12-15-3-6-17(7-4-15)22-9-1-2-10-22/h3-8,11,24H,1-2,9-10,12-14H2. The van der Waals surface area contributed by atoms with Crippen LogP contribution in [0.3, 0.4) is 0 Å². The molecule has 1 N–H and O–H groups in total. The number of anilines is 2. The van der Waals surface area contributed by atoms with Gasteiger partial charge in [-0.25, -0.2) is 0 Å². The first-order valence-corrected chi connectivity index (χ1v) is 9.21. The fourth-order valence-electron chi connectivity index (χ4n) is 3.61. The molecule has 2 aliphatic heterocycles. The molecule has 0 spiro atoms. The zero-order valence-corrected chi connectivity index (χ0v) is 15.1. The van der Waals surface area contributed by atoms with Gasteiger partial charge in [0.25, 0.3) is 5.91 Å². The molecule has 2 aromatic rings. The van der Waals surface area contributed by atoms with E-state index in [1.807, 2.05) is 12.1 Å². The summed E-state index contributed by atoms with van der Waals surface area (Å²) in [6, 6.07) is 13.2. The number of Topliss-reactive ketones (excluding diaryl/α,β-unsaturated/α-hetero) is 1. The maximum absolute atomic E-state index is 12.4. The van der Waals surface area contributed by atoms with E-state index in [4.69, 9.17) is 9.84 Å². The van der Waals surface area contributed by atoms with Crippen molar-refractivity contribution in [3.8, 4) is 5.75 Å². The molecule has 2 aromatic carbocycles. The van der Waals surface area contributed by atoms with E-state index < -0.39 is 6.61 Å². The Morgan fingerprint density at radius 3 is 2.52 bits per heavy atom. The van der Waals surface area contributed by atoms with E-state index in [0.29, 0.717) is 23.5 Å². The molecule has 4 rings (SSSR count). The van der Waals surface area contributed by atoms with Gasteiger partial charge < -0.3 is 19.6 Å². The lowest BCUT2D eigenvalue weighted by molar-refractivity contribution is -0.121. The van der Waals surface area contributed by atoms with Crippen LogP contribution in [-0.4, -0.2) is 43.1 Å². The van der Waals surface area contributed by atoms with Crippen LogP contribution in [0.15, 0.2) is 42.5 Å². The molecule has 0 saturated carbocycles. The molecule has 1 saturated heterocycles. The summed E-state index contributed by atoms with van der Waals surface area (Å²) in [7, 11) is 0. The second-order valence-electron chi connectivity index (χ2n) is 6.89. The Hall–Kier alpha value is -2.86. The van der Waals surface area contributed by atoms with Gasteiger partial charge in [0.1, 0.15) is 12.4 Å². The van der Waals surface area contributed by atoms with Gasteiger partial charge in [0.05, 0.1) is 12.2 Å². The average molecular weight is 366 g/mol. The summed E-state index contributed by atoms with van der Waals surface area (Å²) in [5.74, 6) is 0.0308. The van der Waals surface area contributed by atoms with Gasteiger partial charge in [-0.15, -0.1) is 0 Å². The summed E-state index contributed by atoms with van der Waals surface area (Å²) in [5.41, 5.74) is 3.15. The van der Waals surface area contributed by atoms with Crippen molar-refractivity contribution in [2.45, 2.75) is 19.4 Å². The van der Waals surface area contributed by atoms with Gasteiger partial charge in [-0.1, -0.05) is 12.1 Å². The van der Waals surface area contributed by atoms with Crippen LogP contribution in [0.5, 0.6) is 5.75 Å². The largest absolute Gasteiger partial charge is 0.482 e. The van der Waals surface area contributed by atoms with Crippen molar-refractivity contribution < 1.29 is 19.4 Å². The highest BCUT2D eigenvalue weighted by Crippen LogP contribution is 2.34. The van der Waals surface area contributed by atoms with Crippen LogP contribution >= 0.6 is 0 Å². The SMILES string of the molecule is O=C(CO)c1ccc2c(c1)N(Cc1ccc(N3CCCC3)cc1)C(=O)CO2. The molecule has 0 bridgehead atoms. The maximum atomic E-state index is 12.4. The lowest BCUT2D eigenvalue weighted by Crippen LogP contribution is -2.38. The minimum Gasteiger partial charge on any atom is -0.482 e. The van der Waals surface area contributed by atoms with Crippen LogP contribution < -0.4 is 14.5 Å². The number of nitrogens with zero attached hydrogens (tertiary/aromatic N) is 2. The monoisotopic (exact) mass is 366 g/mol. The van der Waals surface area contributed by atoms with Gasteiger partial charge in [-0.3, -0.25) is 9.59 Å². The lowest BCUT2D eigenvalue weighted by Gasteiger charge is -2.30. The molecule has 1 fully saturated rings. The molecule has 0 unspecified atom stereocenters. The number of carbonyl (C=O) groups is 2. The first-order chi connectivity index (χ1) is 13.2. The summed E-state index contributed by atoms with van der Waals surface area (Å²) in [6.07, 6.45) is 2.46. The minimum absolute atomic E-state index is 0.0217. The van der Waals surface area contributed by atoms with Gasteiger partial charge in [0.2, 0.25) is 0 Å². The smallest absolute Gasteiger partial charge is 0.265 e. The molecular weight excluding hydrogens is 344 g/mol. The van der Waals surface area contributed by atoms with Gasteiger partial charge in [0.15, 0.2) is 12.4 Å². The summed E-state index contributed by atoms with van der Waals surface area (Å²) < 4.78 is 5.49. The van der Waals surface area contributed by atoms with Crippen molar-refractivity contribution in [2.75, 3.05) is 36.1 Å². The van der Waals surface area contributed by atoms with Crippen molar-refractivity contribution in [3.63, 3.8) is 0 Å². The number of ketones is 1. The summed E-state index contributed by atoms with van der Waals surface area (Å²) in [5, 5.41) is 9.10. The third-order valence-corrected chi connectivity index (χ3v) is 5.12. The minimum atomic E-state index is -0.564. The number of hydrogen-bond donors (Lipinski definition) is 1. The van der Waals surface area contributed by atoms with Crippen LogP contribution in [0.1, 0.15) is 28.8 Å². The van der Waals surface area contributed by atoms with E-state index in [1.165, 1.54) is 18.5 Å². The van der Waals surface area contributed by atoms with E-state index in [2.05, 4.69) is 17.0 Å². The predicted octanol–water partition coefficient (Wildman–Crippen LogP) is 2.39. The van der Waals surface area contributed by atoms with Crippen molar-refractivity contribution in [1.82, 2.24) is 0 Å². The Kier molecular flexibility index (Phi) is 4.81. The lowest BCUT2D eigenvalue weighted by atomic mass is 10.1. The Bertz CT molecular complexity index is 857. The van der Waals surface area contributed by atoms with Crippen molar-refractivity contribution >= 4 is 23.1 Å². The van der Waals surface area contributed by atoms with E-state index >= 15 is 0 Å². The highest BCUT2D eigenvalue weighted by Gasteiger charge is 2.26. The molecule has 0 atom stereocenters. The second kappa shape index (κ2) is 7.40. The number of hydrogen-bond acceptors (Lipinski definition) is 5. The summed E-state index contributed by atoms with van der Waals surface area (Å²) in [4.78, 5) is 28.3. The fraction of sp³-hybridized carbons (Fsp3) is 0.333. The highest BCUT2D eigenvalue weighted by atomic mass is 16.5. The summed E-state index contributed by atoms with van der Waals surface area (Å²) >= 11 is 0. The van der Waals surface area contributed by atoms with Crippen LogP contribution in [0.4, 0.5) is 11.4 Å². The number of aliphatic hydroxyl groups is 1. The molecule has 27 heavy (non-hydrogen) atoms. The summed E-state index contributed by atoms with van der Waals surface area (Å²) in [6.45, 7) is 2.01. The molecule has 1 amide bonds. The molecule has 0 aliphatic carbocycles. The quantitative estimate of drug-likeness (QED) is 0.823. The molecule has 6 heteroatoms. The van der Waals surface area contributed by atoms with Crippen LogP contribution in [0, 0.1) is 0 Å². The van der Waals surface area contributed by atoms with Crippen LogP contribution in [0.25, 0.3) is 0 Å². The Morgan fingerprint density at radius 2 is 1.81 bits per heavy atom. The van der Waals surface area contributed by atoms with Crippen molar-refractivity contribution in [1.29, 1.82) is 0 Å². The Balaban J connectivity index is 1.58. The highest BCUT2D eigenvalue weighted by molar-refractivity contribution is 6.02. The number of carbonyl (C=O) groups excluding carboxylic acids is 2. The van der Waals surface area contributed by atoms with Gasteiger partial charge in [-0.05, 0) is 48.7 Å². The van der Waals surface area contributed by atoms with Crippen molar-refractivity contribution in [3.05, 3.63) is 53.6 Å². The molecule has 6 nitrogen and oxygen atoms in total. The number of benzene rings is 2. The average Bonchev–Trinajstić information content (AvgIpc) is 3.24. The number of ether oxygens (including phenoxy) is 1. The Labute approximate surface area is 158 Å². The first kappa shape index (κ1) is 17.5. The number of rotatable bonds is 5. The number of aliphatic hydroxyl groups excluding tert-OH is 1. The molecule has 2 aliphatic rings. The second-order valence-corrected chi connectivity index (χ2v) is 6.89. The molecule has 0 aromatic heterocycles. The maximum Gasteiger partial charge on any atom is 0.265 e. The first-order valence-electron chi connectivity index (χ1n) is 9.21. The van der Waals surface area contributed by atoms with Crippen LogP contribution in [-0.2, 0) is 11.3 Å². The molecule has 2 heterocycles. The normalized spacial score (nSPS) is 16.3. The van der Waals surface area contributed by atoms with Crippen molar-refractivity contribution in [2.24, 2.45) is 0 Å². The topological polar surface area (TPSA) is 70.1 Å². The zero-order valence-electron chi connectivity index (χ0n) is 15.1. The Morgan fingerprint density at radius 1 is 1.07 bits per heavy atom. The van der Waals surface area contributed by atoms with E-state index in [0.717, 1.165) is 18.7 Å². The van der Waals surface area contributed by atoms with E-state index in [1.54, 1.807) is 23.1 Å². The third-order valence-electron chi connectivity index (χ3n) is 5.12. The van der Waals surface area contributed by atoms with Gasteiger partial charge in [0, 0.05) is 24.3 Å².